The number of thiophene rings is 1. The van der Waals surface area contributed by atoms with E-state index < -0.39 is 0 Å². The van der Waals surface area contributed by atoms with Crippen LogP contribution in [-0.4, -0.2) is 26.4 Å². The first-order valence-corrected chi connectivity index (χ1v) is 10.3. The lowest BCUT2D eigenvalue weighted by Gasteiger charge is -2.08. The lowest BCUT2D eigenvalue weighted by atomic mass is 10.2. The minimum atomic E-state index is -0.0126. The Labute approximate surface area is 163 Å². The van der Waals surface area contributed by atoms with Gasteiger partial charge in [-0.25, -0.2) is 0 Å². The molecular weight excluding hydrogens is 420 g/mol. The molecule has 0 bridgehead atoms. The van der Waals surface area contributed by atoms with E-state index in [2.05, 4.69) is 43.6 Å². The highest BCUT2D eigenvalue weighted by Gasteiger charge is 2.12. The molecule has 2 heterocycles. The quantitative estimate of drug-likeness (QED) is 0.571. The maximum atomic E-state index is 12.1. The molecule has 3 rings (SSSR count). The molecule has 0 unspecified atom stereocenters. The van der Waals surface area contributed by atoms with Gasteiger partial charge in [0.1, 0.15) is 5.82 Å². The summed E-state index contributed by atoms with van der Waals surface area (Å²) in [5.74, 6) is 1.15. The molecule has 5 nitrogen and oxygen atoms in total. The first-order chi connectivity index (χ1) is 12.1. The summed E-state index contributed by atoms with van der Waals surface area (Å²) < 4.78 is 3.10. The van der Waals surface area contributed by atoms with Crippen molar-refractivity contribution in [2.24, 2.45) is 0 Å². The second-order valence-corrected chi connectivity index (χ2v) is 8.86. The number of aromatic nitrogens is 3. The molecule has 8 heteroatoms. The van der Waals surface area contributed by atoms with E-state index in [-0.39, 0.29) is 5.91 Å². The van der Waals surface area contributed by atoms with E-state index in [0.717, 1.165) is 19.6 Å². The van der Waals surface area contributed by atoms with Crippen LogP contribution in [0.1, 0.15) is 16.3 Å². The monoisotopic (exact) mass is 436 g/mol. The van der Waals surface area contributed by atoms with Gasteiger partial charge in [0.05, 0.1) is 22.6 Å². The highest BCUT2D eigenvalue weighted by molar-refractivity contribution is 9.11. The molecule has 0 atom stereocenters. The number of carbonyl (C=O) groups excluding carboxylic acids is 1. The first kappa shape index (κ1) is 18.2. The fourth-order valence-electron chi connectivity index (χ4n) is 2.23. The van der Waals surface area contributed by atoms with E-state index in [1.54, 1.807) is 11.3 Å². The highest BCUT2D eigenvalue weighted by atomic mass is 79.9. The molecule has 0 saturated heterocycles. The number of benzene rings is 1. The lowest BCUT2D eigenvalue weighted by Crippen LogP contribution is -2.24. The summed E-state index contributed by atoms with van der Waals surface area (Å²) in [6.45, 7) is 3.17. The SMILES string of the molecule is Cc1nnc(SCC(=O)NCc2ccc(Br)s2)n1Cc1ccccc1. The minimum absolute atomic E-state index is 0.0126. The van der Waals surface area contributed by atoms with Gasteiger partial charge in [-0.2, -0.15) is 0 Å². The summed E-state index contributed by atoms with van der Waals surface area (Å²) in [5, 5.41) is 12.0. The Morgan fingerprint density at radius 1 is 1.24 bits per heavy atom. The minimum Gasteiger partial charge on any atom is -0.350 e. The number of carbonyl (C=O) groups is 1. The summed E-state index contributed by atoms with van der Waals surface area (Å²) in [5.41, 5.74) is 1.18. The molecule has 0 radical (unpaired) electrons. The molecule has 130 valence electrons. The molecule has 0 aliphatic rings. The number of rotatable bonds is 7. The summed E-state index contributed by atoms with van der Waals surface area (Å²) >= 11 is 6.45. The zero-order valence-corrected chi connectivity index (χ0v) is 16.8. The maximum absolute atomic E-state index is 12.1. The summed E-state index contributed by atoms with van der Waals surface area (Å²) in [7, 11) is 0. The van der Waals surface area contributed by atoms with E-state index >= 15 is 0 Å². The Bertz CT molecular complexity index is 847. The Balaban J connectivity index is 1.55. The van der Waals surface area contributed by atoms with Gasteiger partial charge >= 0.3 is 0 Å². The lowest BCUT2D eigenvalue weighted by molar-refractivity contribution is -0.118. The van der Waals surface area contributed by atoms with E-state index in [1.807, 2.05) is 41.8 Å². The molecule has 1 aromatic carbocycles. The summed E-state index contributed by atoms with van der Waals surface area (Å²) in [6.07, 6.45) is 0. The van der Waals surface area contributed by atoms with Crippen molar-refractivity contribution < 1.29 is 4.79 Å². The van der Waals surface area contributed by atoms with Crippen LogP contribution in [0.25, 0.3) is 0 Å². The fourth-order valence-corrected chi connectivity index (χ4v) is 4.47. The van der Waals surface area contributed by atoms with Crippen LogP contribution in [0.2, 0.25) is 0 Å². The number of hydrogen-bond donors (Lipinski definition) is 1. The van der Waals surface area contributed by atoms with Crippen LogP contribution in [0, 0.1) is 6.92 Å². The fraction of sp³-hybridized carbons (Fsp3) is 0.235. The third-order valence-electron chi connectivity index (χ3n) is 3.51. The van der Waals surface area contributed by atoms with E-state index in [4.69, 9.17) is 0 Å². The molecule has 1 amide bonds. The number of thioether (sulfide) groups is 1. The molecule has 0 fully saturated rings. The average Bonchev–Trinajstić information content (AvgIpc) is 3.19. The molecule has 0 aliphatic carbocycles. The summed E-state index contributed by atoms with van der Waals surface area (Å²) in [6, 6.07) is 14.1. The zero-order valence-electron chi connectivity index (χ0n) is 13.6. The normalized spacial score (nSPS) is 10.8. The van der Waals surface area contributed by atoms with Crippen LogP contribution in [0.3, 0.4) is 0 Å². The van der Waals surface area contributed by atoms with E-state index in [0.29, 0.717) is 18.8 Å². The number of amides is 1. The molecule has 25 heavy (non-hydrogen) atoms. The Morgan fingerprint density at radius 2 is 2.04 bits per heavy atom. The van der Waals surface area contributed by atoms with Crippen LogP contribution >= 0.6 is 39.0 Å². The number of nitrogens with zero attached hydrogens (tertiary/aromatic N) is 3. The standard InChI is InChI=1S/C17H17BrN4OS2/c1-12-20-21-17(22(12)10-13-5-3-2-4-6-13)24-11-16(23)19-9-14-7-8-15(18)25-14/h2-8H,9-11H2,1H3,(H,19,23). The number of aryl methyl sites for hydroxylation is 1. The zero-order chi connectivity index (χ0) is 17.6. The molecule has 0 aliphatic heterocycles. The third-order valence-corrected chi connectivity index (χ3v) is 6.10. The molecule has 2 aromatic heterocycles. The largest absolute Gasteiger partial charge is 0.350 e. The number of nitrogens with one attached hydrogen (secondary N) is 1. The van der Waals surface area contributed by atoms with Crippen molar-refractivity contribution in [2.75, 3.05) is 5.75 Å². The first-order valence-electron chi connectivity index (χ1n) is 7.69. The predicted octanol–water partition coefficient (Wildman–Crippen LogP) is 3.87. The van der Waals surface area contributed by atoms with Crippen LogP contribution in [0.4, 0.5) is 0 Å². The smallest absolute Gasteiger partial charge is 0.230 e. The van der Waals surface area contributed by atoms with E-state index in [9.17, 15) is 4.79 Å². The molecule has 1 N–H and O–H groups in total. The van der Waals surface area contributed by atoms with Crippen molar-refractivity contribution in [3.63, 3.8) is 0 Å². The van der Waals surface area contributed by atoms with Crippen LogP contribution in [-0.2, 0) is 17.9 Å². The number of hydrogen-bond acceptors (Lipinski definition) is 5. The maximum Gasteiger partial charge on any atom is 0.230 e. The van der Waals surface area contributed by atoms with E-state index in [1.165, 1.54) is 17.3 Å². The van der Waals surface area contributed by atoms with Gasteiger partial charge in [-0.05, 0) is 40.5 Å². The Morgan fingerprint density at radius 3 is 2.76 bits per heavy atom. The van der Waals surface area contributed by atoms with Gasteiger partial charge < -0.3 is 9.88 Å². The third kappa shape index (κ3) is 5.17. The predicted molar refractivity (Wildman–Crippen MR) is 105 cm³/mol. The van der Waals surface area contributed by atoms with Crippen molar-refractivity contribution in [3.05, 3.63) is 62.5 Å². The van der Waals surface area contributed by atoms with Crippen molar-refractivity contribution in [3.8, 4) is 0 Å². The topological polar surface area (TPSA) is 59.8 Å². The second-order valence-electron chi connectivity index (χ2n) is 5.37. The molecule has 3 aromatic rings. The van der Waals surface area contributed by atoms with Crippen LogP contribution < -0.4 is 5.32 Å². The van der Waals surface area contributed by atoms with Crippen molar-refractivity contribution >= 4 is 44.9 Å². The van der Waals surface area contributed by atoms with Crippen LogP contribution in [0.5, 0.6) is 0 Å². The van der Waals surface area contributed by atoms with Crippen molar-refractivity contribution in [1.29, 1.82) is 0 Å². The van der Waals surface area contributed by atoms with Crippen molar-refractivity contribution in [2.45, 2.75) is 25.2 Å². The Kier molecular flexibility index (Phi) is 6.28. The second kappa shape index (κ2) is 8.64. The number of halogens is 1. The van der Waals surface area contributed by atoms with Gasteiger partial charge in [0.25, 0.3) is 0 Å². The van der Waals surface area contributed by atoms with Gasteiger partial charge in [-0.15, -0.1) is 21.5 Å². The molecule has 0 spiro atoms. The highest BCUT2D eigenvalue weighted by Crippen LogP contribution is 2.22. The van der Waals surface area contributed by atoms with Gasteiger partial charge in [-0.3, -0.25) is 4.79 Å². The molecular formula is C17H17BrN4OS2. The van der Waals surface area contributed by atoms with Gasteiger partial charge in [-0.1, -0.05) is 42.1 Å². The van der Waals surface area contributed by atoms with Crippen LogP contribution in [0.15, 0.2) is 51.4 Å². The average molecular weight is 437 g/mol. The van der Waals surface area contributed by atoms with Gasteiger partial charge in [0, 0.05) is 4.88 Å². The Hall–Kier alpha value is -1.64. The molecule has 0 saturated carbocycles. The van der Waals surface area contributed by atoms with Crippen molar-refractivity contribution in [1.82, 2.24) is 20.1 Å². The van der Waals surface area contributed by atoms with Gasteiger partial charge in [0.2, 0.25) is 5.91 Å². The summed E-state index contributed by atoms with van der Waals surface area (Å²) in [4.78, 5) is 13.2. The van der Waals surface area contributed by atoms with Gasteiger partial charge in [0.15, 0.2) is 5.16 Å².